The van der Waals surface area contributed by atoms with Gasteiger partial charge in [0.1, 0.15) is 0 Å². The van der Waals surface area contributed by atoms with Crippen molar-refractivity contribution in [1.29, 1.82) is 0 Å². The van der Waals surface area contributed by atoms with Gasteiger partial charge in [0, 0.05) is 24.2 Å². The molecule has 3 N–H and O–H groups in total. The summed E-state index contributed by atoms with van der Waals surface area (Å²) in [6.07, 6.45) is 13.6. The van der Waals surface area contributed by atoms with E-state index in [0.717, 1.165) is 54.0 Å². The quantitative estimate of drug-likeness (QED) is 0.707. The fraction of sp³-hybridized carbons (Fsp3) is 0.273. The van der Waals surface area contributed by atoms with Gasteiger partial charge < -0.3 is 11.1 Å². The van der Waals surface area contributed by atoms with Crippen LogP contribution in [0.5, 0.6) is 0 Å². The summed E-state index contributed by atoms with van der Waals surface area (Å²) >= 11 is 0. The lowest BCUT2D eigenvalue weighted by molar-refractivity contribution is 0.456. The second kappa shape index (κ2) is 7.26. The molecule has 1 unspecified atom stereocenters. The van der Waals surface area contributed by atoms with Crippen LogP contribution in [0.2, 0.25) is 0 Å². The maximum atomic E-state index is 6.14. The summed E-state index contributed by atoms with van der Waals surface area (Å²) in [5, 5.41) is 3.45. The van der Waals surface area contributed by atoms with Crippen molar-refractivity contribution in [1.82, 2.24) is 19.7 Å². The van der Waals surface area contributed by atoms with Gasteiger partial charge in [0.05, 0.1) is 17.6 Å². The van der Waals surface area contributed by atoms with Crippen molar-refractivity contribution >= 4 is 17.0 Å². The molecule has 3 aromatic rings. The maximum absolute atomic E-state index is 6.14. The van der Waals surface area contributed by atoms with Gasteiger partial charge in [-0.2, -0.15) is 0 Å². The Morgan fingerprint density at radius 1 is 1.41 bits per heavy atom. The topological polar surface area (TPSA) is 68.2 Å². The summed E-state index contributed by atoms with van der Waals surface area (Å²) in [4.78, 5) is 9.21. The first-order valence-electron chi connectivity index (χ1n) is 9.26. The molecule has 2 aromatic heterocycles. The number of aryl methyl sites for hydroxylation is 1. The van der Waals surface area contributed by atoms with Crippen LogP contribution in [-0.4, -0.2) is 27.5 Å². The Hall–Kier alpha value is -3.10. The van der Waals surface area contributed by atoms with Crippen molar-refractivity contribution in [3.8, 4) is 12.3 Å². The Labute approximate surface area is 159 Å². The molecule has 3 heterocycles. The average Bonchev–Trinajstić information content (AvgIpc) is 3.15. The lowest BCUT2D eigenvalue weighted by Gasteiger charge is -2.20. The van der Waals surface area contributed by atoms with E-state index in [1.54, 1.807) is 12.3 Å². The number of nitrogens with zero attached hydrogens (tertiary/aromatic N) is 3. The zero-order valence-corrected chi connectivity index (χ0v) is 15.4. The van der Waals surface area contributed by atoms with Gasteiger partial charge in [0.25, 0.3) is 0 Å². The Kier molecular flexibility index (Phi) is 4.66. The van der Waals surface area contributed by atoms with Crippen molar-refractivity contribution in [2.24, 2.45) is 0 Å². The van der Waals surface area contributed by atoms with E-state index < -0.39 is 0 Å². The lowest BCUT2D eigenvalue weighted by Crippen LogP contribution is -2.28. The van der Waals surface area contributed by atoms with E-state index in [4.69, 9.17) is 17.1 Å². The molecule has 0 radical (unpaired) electrons. The van der Waals surface area contributed by atoms with Gasteiger partial charge in [0.2, 0.25) is 0 Å². The van der Waals surface area contributed by atoms with E-state index in [-0.39, 0.29) is 0 Å². The van der Waals surface area contributed by atoms with Gasteiger partial charge in [-0.3, -0.25) is 4.40 Å². The van der Waals surface area contributed by atoms with E-state index in [2.05, 4.69) is 41.5 Å². The number of terminal acetylenes is 1. The fourth-order valence-corrected chi connectivity index (χ4v) is 3.76. The Morgan fingerprint density at radius 3 is 3.00 bits per heavy atom. The third kappa shape index (κ3) is 3.20. The highest BCUT2D eigenvalue weighted by Crippen LogP contribution is 2.30. The molecule has 0 saturated carbocycles. The molecule has 1 fully saturated rings. The number of nitrogens with one attached hydrogen (secondary N) is 1. The number of imidazole rings is 1. The Morgan fingerprint density at radius 2 is 2.26 bits per heavy atom. The summed E-state index contributed by atoms with van der Waals surface area (Å²) in [6, 6.07) is 8.19. The van der Waals surface area contributed by atoms with Crippen molar-refractivity contribution in [3.63, 3.8) is 0 Å². The molecule has 5 nitrogen and oxygen atoms in total. The highest BCUT2D eigenvalue weighted by molar-refractivity contribution is 5.83. The minimum atomic E-state index is 0.393. The highest BCUT2D eigenvalue weighted by atomic mass is 15.1. The molecular formula is C22H23N5. The minimum absolute atomic E-state index is 0.393. The predicted molar refractivity (Wildman–Crippen MR) is 109 cm³/mol. The van der Waals surface area contributed by atoms with Crippen LogP contribution < -0.4 is 11.1 Å². The number of nitrogens with two attached hydrogens (primary N) is 1. The van der Waals surface area contributed by atoms with Gasteiger partial charge in [-0.25, -0.2) is 9.97 Å². The minimum Gasteiger partial charge on any atom is -0.381 e. The zero-order chi connectivity index (χ0) is 18.8. The van der Waals surface area contributed by atoms with Gasteiger partial charge in [-0.05, 0) is 43.5 Å². The first-order valence-corrected chi connectivity index (χ1v) is 9.26. The summed E-state index contributed by atoms with van der Waals surface area (Å²) < 4.78 is 2.03. The number of benzene rings is 1. The molecule has 27 heavy (non-hydrogen) atoms. The van der Waals surface area contributed by atoms with E-state index >= 15 is 0 Å². The zero-order valence-electron chi connectivity index (χ0n) is 15.4. The van der Waals surface area contributed by atoms with Crippen molar-refractivity contribution in [2.45, 2.75) is 25.7 Å². The van der Waals surface area contributed by atoms with Gasteiger partial charge >= 0.3 is 0 Å². The number of anilines is 1. The molecule has 1 aliphatic heterocycles. The van der Waals surface area contributed by atoms with Crippen molar-refractivity contribution in [2.75, 3.05) is 18.8 Å². The number of fused-ring (bicyclic) bond motifs is 1. The lowest BCUT2D eigenvalue weighted by atomic mass is 9.96. The molecule has 0 aliphatic carbocycles. The largest absolute Gasteiger partial charge is 0.381 e. The monoisotopic (exact) mass is 357 g/mol. The molecule has 1 aliphatic rings. The summed E-state index contributed by atoms with van der Waals surface area (Å²) in [5.74, 6) is 3.50. The third-order valence-electron chi connectivity index (χ3n) is 5.19. The molecule has 0 amide bonds. The molecular weight excluding hydrogens is 334 g/mol. The van der Waals surface area contributed by atoms with Crippen LogP contribution in [0, 0.1) is 19.3 Å². The number of allylic oxidation sites excluding steroid dienone is 1. The smallest absolute Gasteiger partial charge is 0.180 e. The maximum Gasteiger partial charge on any atom is 0.180 e. The molecule has 0 spiro atoms. The average molecular weight is 357 g/mol. The third-order valence-corrected chi connectivity index (χ3v) is 5.19. The molecule has 0 bridgehead atoms. The van der Waals surface area contributed by atoms with Crippen LogP contribution in [0.25, 0.3) is 11.2 Å². The van der Waals surface area contributed by atoms with Crippen LogP contribution >= 0.6 is 0 Å². The van der Waals surface area contributed by atoms with Crippen LogP contribution in [0.4, 0.5) is 5.82 Å². The predicted octanol–water partition coefficient (Wildman–Crippen LogP) is 3.15. The van der Waals surface area contributed by atoms with Crippen LogP contribution in [-0.2, 0) is 0 Å². The summed E-state index contributed by atoms with van der Waals surface area (Å²) in [5.41, 5.74) is 12.0. The van der Waals surface area contributed by atoms with Gasteiger partial charge in [-0.1, -0.05) is 30.2 Å². The van der Waals surface area contributed by atoms with Crippen LogP contribution in [0.3, 0.4) is 0 Å². The first kappa shape index (κ1) is 17.3. The van der Waals surface area contributed by atoms with E-state index in [1.165, 1.54) is 0 Å². The number of hydrogen-bond acceptors (Lipinski definition) is 4. The van der Waals surface area contributed by atoms with Crippen molar-refractivity contribution in [3.05, 3.63) is 65.2 Å². The molecule has 5 heteroatoms. The summed E-state index contributed by atoms with van der Waals surface area (Å²) in [6.45, 7) is 4.09. The normalized spacial score (nSPS) is 17.8. The molecule has 1 atom stereocenters. The van der Waals surface area contributed by atoms with Crippen molar-refractivity contribution < 1.29 is 0 Å². The van der Waals surface area contributed by atoms with E-state index in [9.17, 15) is 0 Å². The second-order valence-electron chi connectivity index (χ2n) is 6.97. The number of aromatic nitrogens is 3. The SMILES string of the molecule is C#C/C=C(\c1ccccc1C)c1cnc(N)c2nc(C3CCCNC3)cn12. The number of nitrogen functional groups attached to an aromatic ring is 1. The molecule has 136 valence electrons. The Balaban J connectivity index is 1.89. The first-order chi connectivity index (χ1) is 13.2. The van der Waals surface area contributed by atoms with Gasteiger partial charge in [0.15, 0.2) is 11.5 Å². The van der Waals surface area contributed by atoms with E-state index in [0.29, 0.717) is 17.4 Å². The number of hydrogen-bond donors (Lipinski definition) is 2. The Bertz CT molecular complexity index is 1050. The number of piperidine rings is 1. The standard InChI is InChI=1S/C22H23N5/c1-3-7-18(17-10-5-4-8-15(17)2)20-13-25-21(23)22-26-19(14-27(20)22)16-9-6-11-24-12-16/h1,4-5,7-8,10,13-14,16,24H,6,9,11-12H2,2H3,(H2,23,25)/b18-7+. The molecule has 4 rings (SSSR count). The van der Waals surface area contributed by atoms with Gasteiger partial charge in [-0.15, -0.1) is 6.42 Å². The molecule has 1 saturated heterocycles. The van der Waals surface area contributed by atoms with E-state index in [1.807, 2.05) is 16.5 Å². The highest BCUT2D eigenvalue weighted by Gasteiger charge is 2.21. The summed E-state index contributed by atoms with van der Waals surface area (Å²) in [7, 11) is 0. The fourth-order valence-electron chi connectivity index (χ4n) is 3.76. The van der Waals surface area contributed by atoms with Crippen LogP contribution in [0.15, 0.2) is 42.7 Å². The molecule has 1 aromatic carbocycles. The second-order valence-corrected chi connectivity index (χ2v) is 6.97. The number of rotatable bonds is 3. The van der Waals surface area contributed by atoms with Crippen LogP contribution in [0.1, 0.15) is 41.3 Å².